The van der Waals surface area contributed by atoms with Crippen molar-refractivity contribution in [2.24, 2.45) is 11.8 Å². The van der Waals surface area contributed by atoms with Gasteiger partial charge in [0.1, 0.15) is 0 Å². The van der Waals surface area contributed by atoms with Crippen LogP contribution in [0.25, 0.3) is 0 Å². The van der Waals surface area contributed by atoms with Crippen molar-refractivity contribution in [1.82, 2.24) is 5.32 Å². The molecule has 25 heavy (non-hydrogen) atoms. The number of carbonyl (C=O) groups is 2. The van der Waals surface area contributed by atoms with E-state index in [1.54, 1.807) is 4.90 Å². The molecule has 0 radical (unpaired) electrons. The number of amides is 2. The Balaban J connectivity index is 1.86. The van der Waals surface area contributed by atoms with E-state index in [1.165, 1.54) is 12.0 Å². The lowest BCUT2D eigenvalue weighted by molar-refractivity contribution is -0.126. The Bertz CT molecular complexity index is 580. The molecule has 1 heterocycles. The van der Waals surface area contributed by atoms with Gasteiger partial charge in [-0.2, -0.15) is 0 Å². The Kier molecular flexibility index (Phi) is 7.03. The van der Waals surface area contributed by atoms with Crippen LogP contribution in [0.3, 0.4) is 0 Å². The Hall–Kier alpha value is -1.84. The summed E-state index contributed by atoms with van der Waals surface area (Å²) in [5.74, 6) is 0.504. The number of hydrogen-bond acceptors (Lipinski definition) is 2. The minimum absolute atomic E-state index is 0.0121. The number of nitrogens with one attached hydrogen (secondary N) is 1. The summed E-state index contributed by atoms with van der Waals surface area (Å²) in [5.41, 5.74) is 2.14. The normalized spacial score (nSPS) is 18.7. The second kappa shape index (κ2) is 9.02. The first kappa shape index (κ1) is 19.5. The zero-order chi connectivity index (χ0) is 18.4. The van der Waals surface area contributed by atoms with E-state index in [-0.39, 0.29) is 23.8 Å². The first-order valence-corrected chi connectivity index (χ1v) is 9.60. The summed E-state index contributed by atoms with van der Waals surface area (Å²) in [6.07, 6.45) is 4.59. The second-order valence-corrected chi connectivity index (χ2v) is 7.66. The highest BCUT2D eigenvalue weighted by Crippen LogP contribution is 2.26. The third kappa shape index (κ3) is 5.58. The Morgan fingerprint density at radius 1 is 1.20 bits per heavy atom. The molecule has 2 rings (SSSR count). The lowest BCUT2D eigenvalue weighted by Crippen LogP contribution is -2.38. The lowest BCUT2D eigenvalue weighted by Gasteiger charge is -2.19. The number of carbonyl (C=O) groups excluding carboxylic acids is 2. The van der Waals surface area contributed by atoms with Crippen LogP contribution in [0, 0.1) is 11.8 Å². The predicted molar refractivity (Wildman–Crippen MR) is 103 cm³/mol. The van der Waals surface area contributed by atoms with Gasteiger partial charge in [-0.25, -0.2) is 0 Å². The highest BCUT2D eigenvalue weighted by molar-refractivity contribution is 6.00. The summed E-state index contributed by atoms with van der Waals surface area (Å²) in [5, 5.41) is 3.09. The summed E-state index contributed by atoms with van der Waals surface area (Å²) < 4.78 is 0. The molecule has 0 aromatic heterocycles. The van der Waals surface area contributed by atoms with Crippen LogP contribution in [0.4, 0.5) is 5.69 Å². The van der Waals surface area contributed by atoms with Crippen molar-refractivity contribution in [1.29, 1.82) is 0 Å². The van der Waals surface area contributed by atoms with E-state index in [0.717, 1.165) is 24.9 Å². The number of anilines is 1. The third-order valence-electron chi connectivity index (χ3n) is 4.96. The van der Waals surface area contributed by atoms with Gasteiger partial charge in [0.05, 0.1) is 5.92 Å². The molecule has 4 heteroatoms. The molecular weight excluding hydrogens is 312 g/mol. The number of aryl methyl sites for hydroxylation is 1. The molecule has 1 aliphatic heterocycles. The molecule has 1 aromatic rings. The average molecular weight is 344 g/mol. The monoisotopic (exact) mass is 344 g/mol. The van der Waals surface area contributed by atoms with E-state index in [9.17, 15) is 9.59 Å². The van der Waals surface area contributed by atoms with Gasteiger partial charge in [0, 0.05) is 24.7 Å². The molecule has 0 aliphatic carbocycles. The van der Waals surface area contributed by atoms with Gasteiger partial charge in [-0.15, -0.1) is 0 Å². The zero-order valence-electron chi connectivity index (χ0n) is 16.0. The highest BCUT2D eigenvalue weighted by atomic mass is 16.2. The van der Waals surface area contributed by atoms with Gasteiger partial charge in [0.25, 0.3) is 0 Å². The number of benzene rings is 1. The summed E-state index contributed by atoms with van der Waals surface area (Å²) >= 11 is 0. The van der Waals surface area contributed by atoms with Crippen molar-refractivity contribution in [3.63, 3.8) is 0 Å². The van der Waals surface area contributed by atoms with E-state index in [2.05, 4.69) is 33.0 Å². The number of hydrogen-bond donors (Lipinski definition) is 1. The Morgan fingerprint density at radius 3 is 2.48 bits per heavy atom. The molecule has 1 N–H and O–H groups in total. The molecule has 2 atom stereocenters. The first-order valence-electron chi connectivity index (χ1n) is 9.60. The zero-order valence-corrected chi connectivity index (χ0v) is 16.0. The van der Waals surface area contributed by atoms with E-state index in [1.807, 2.05) is 24.3 Å². The van der Waals surface area contributed by atoms with Gasteiger partial charge >= 0.3 is 0 Å². The van der Waals surface area contributed by atoms with Gasteiger partial charge in [-0.3, -0.25) is 9.59 Å². The van der Waals surface area contributed by atoms with Crippen LogP contribution in [0.15, 0.2) is 24.3 Å². The SMILES string of the molecule is CCc1ccc(N2C[C@@H](C(=O)N[C@H](C)CCCC(C)C)CC2=O)cc1. The molecule has 1 aromatic carbocycles. The van der Waals surface area contributed by atoms with Crippen LogP contribution in [0.2, 0.25) is 0 Å². The van der Waals surface area contributed by atoms with Crippen molar-refractivity contribution in [3.05, 3.63) is 29.8 Å². The van der Waals surface area contributed by atoms with Crippen LogP contribution in [-0.4, -0.2) is 24.4 Å². The van der Waals surface area contributed by atoms with Crippen molar-refractivity contribution in [3.8, 4) is 0 Å². The summed E-state index contributed by atoms with van der Waals surface area (Å²) in [6.45, 7) is 9.08. The highest BCUT2D eigenvalue weighted by Gasteiger charge is 2.35. The van der Waals surface area contributed by atoms with Gasteiger partial charge < -0.3 is 10.2 Å². The maximum Gasteiger partial charge on any atom is 0.227 e. The molecule has 0 saturated carbocycles. The average Bonchev–Trinajstić information content (AvgIpc) is 2.96. The van der Waals surface area contributed by atoms with Gasteiger partial charge in [0.2, 0.25) is 11.8 Å². The van der Waals surface area contributed by atoms with Crippen LogP contribution >= 0.6 is 0 Å². The van der Waals surface area contributed by atoms with Crippen molar-refractivity contribution >= 4 is 17.5 Å². The minimum atomic E-state index is -0.245. The fourth-order valence-corrected chi connectivity index (χ4v) is 3.31. The molecule has 1 aliphatic rings. The molecule has 0 unspecified atom stereocenters. The molecule has 2 amide bonds. The molecule has 138 valence electrons. The van der Waals surface area contributed by atoms with Gasteiger partial charge in [-0.1, -0.05) is 45.7 Å². The predicted octanol–water partition coefficient (Wildman–Crippen LogP) is 3.93. The summed E-state index contributed by atoms with van der Waals surface area (Å²) in [7, 11) is 0. The fraction of sp³-hybridized carbons (Fsp3) is 0.619. The van der Waals surface area contributed by atoms with Crippen molar-refractivity contribution in [2.75, 3.05) is 11.4 Å². The Labute approximate surface area is 152 Å². The molecule has 4 nitrogen and oxygen atoms in total. The standard InChI is InChI=1S/C21H32N2O2/c1-5-17-9-11-19(12-10-17)23-14-18(13-20(23)24)21(25)22-16(4)8-6-7-15(2)3/h9-12,15-16,18H,5-8,13-14H2,1-4H3,(H,22,25)/t16-,18+/m1/s1. The smallest absolute Gasteiger partial charge is 0.227 e. The third-order valence-corrected chi connectivity index (χ3v) is 4.96. The maximum absolute atomic E-state index is 12.5. The van der Waals surface area contributed by atoms with E-state index in [4.69, 9.17) is 0 Å². The van der Waals surface area contributed by atoms with Crippen LogP contribution < -0.4 is 10.2 Å². The van der Waals surface area contributed by atoms with Crippen LogP contribution in [0.5, 0.6) is 0 Å². The minimum Gasteiger partial charge on any atom is -0.353 e. The van der Waals surface area contributed by atoms with Gasteiger partial charge in [-0.05, 0) is 43.4 Å². The first-order chi connectivity index (χ1) is 11.9. The molecular formula is C21H32N2O2. The van der Waals surface area contributed by atoms with Crippen LogP contribution in [0.1, 0.15) is 58.9 Å². The van der Waals surface area contributed by atoms with Crippen molar-refractivity contribution in [2.45, 2.75) is 65.8 Å². The maximum atomic E-state index is 12.5. The Morgan fingerprint density at radius 2 is 1.88 bits per heavy atom. The quantitative estimate of drug-likeness (QED) is 0.777. The van der Waals surface area contributed by atoms with E-state index < -0.39 is 0 Å². The van der Waals surface area contributed by atoms with Crippen LogP contribution in [-0.2, 0) is 16.0 Å². The largest absolute Gasteiger partial charge is 0.353 e. The number of rotatable bonds is 8. The lowest BCUT2D eigenvalue weighted by atomic mass is 10.0. The molecule has 0 spiro atoms. The molecule has 1 fully saturated rings. The second-order valence-electron chi connectivity index (χ2n) is 7.66. The van der Waals surface area contributed by atoms with Gasteiger partial charge in [0.15, 0.2) is 0 Å². The topological polar surface area (TPSA) is 49.4 Å². The van der Waals surface area contributed by atoms with E-state index >= 15 is 0 Å². The number of nitrogens with zero attached hydrogens (tertiary/aromatic N) is 1. The summed E-state index contributed by atoms with van der Waals surface area (Å²) in [4.78, 5) is 26.6. The van der Waals surface area contributed by atoms with E-state index in [0.29, 0.717) is 18.9 Å². The molecule has 0 bridgehead atoms. The fourth-order valence-electron chi connectivity index (χ4n) is 3.31. The summed E-state index contributed by atoms with van der Waals surface area (Å²) in [6, 6.07) is 8.22. The van der Waals surface area contributed by atoms with Crippen molar-refractivity contribution < 1.29 is 9.59 Å². The molecule has 1 saturated heterocycles.